The molecule has 0 saturated carbocycles. The Balaban J connectivity index is 1.98. The second-order valence-corrected chi connectivity index (χ2v) is 15.6. The molecule has 2 aromatic rings. The van der Waals surface area contributed by atoms with Crippen LogP contribution in [-0.4, -0.2) is 100 Å². The molecule has 0 amide bonds. The van der Waals surface area contributed by atoms with Gasteiger partial charge in [-0.1, -0.05) is 30.0 Å². The molecule has 0 saturated heterocycles. The molecule has 0 fully saturated rings. The summed E-state index contributed by atoms with van der Waals surface area (Å²) in [6.07, 6.45) is 1.40. The minimum atomic E-state index is -0.611. The number of fused-ring (bicyclic) bond motifs is 2. The van der Waals surface area contributed by atoms with Gasteiger partial charge in [0.25, 0.3) is 0 Å². The van der Waals surface area contributed by atoms with Crippen LogP contribution in [0.25, 0.3) is 0 Å². The lowest BCUT2D eigenvalue weighted by Gasteiger charge is -2.29. The van der Waals surface area contributed by atoms with Crippen molar-refractivity contribution in [3.63, 3.8) is 0 Å². The first-order valence-corrected chi connectivity index (χ1v) is 17.2. The minimum absolute atomic E-state index is 0.0883. The van der Waals surface area contributed by atoms with Crippen molar-refractivity contribution in [1.29, 1.82) is 0 Å². The molecule has 1 aliphatic heterocycles. The van der Waals surface area contributed by atoms with Crippen LogP contribution in [0.5, 0.6) is 0 Å². The van der Waals surface area contributed by atoms with Crippen LogP contribution >= 0.6 is 0 Å². The molecule has 2 bridgehead atoms. The van der Waals surface area contributed by atoms with Gasteiger partial charge in [-0.3, -0.25) is 34.1 Å². The summed E-state index contributed by atoms with van der Waals surface area (Å²) in [5, 5.41) is 0. The van der Waals surface area contributed by atoms with Gasteiger partial charge >= 0.3 is 17.9 Å². The van der Waals surface area contributed by atoms with E-state index in [4.69, 9.17) is 19.2 Å². The van der Waals surface area contributed by atoms with Crippen molar-refractivity contribution in [3.05, 3.63) is 65.0 Å². The third kappa shape index (κ3) is 16.9. The molecular formula is C39H56N4O6. The van der Waals surface area contributed by atoms with E-state index in [2.05, 4.69) is 16.7 Å². The van der Waals surface area contributed by atoms with Gasteiger partial charge in [0.2, 0.25) is 0 Å². The molecule has 0 radical (unpaired) electrons. The maximum absolute atomic E-state index is 13.0. The molecule has 0 aliphatic carbocycles. The van der Waals surface area contributed by atoms with Crippen LogP contribution in [0.4, 0.5) is 0 Å². The quantitative estimate of drug-likeness (QED) is 0.230. The number of hydrogen-bond acceptors (Lipinski definition) is 10. The van der Waals surface area contributed by atoms with Gasteiger partial charge in [-0.05, 0) is 113 Å². The van der Waals surface area contributed by atoms with Gasteiger partial charge in [-0.25, -0.2) is 0 Å². The number of benzene rings is 1. The maximum atomic E-state index is 13.0. The Morgan fingerprint density at radius 1 is 0.592 bits per heavy atom. The van der Waals surface area contributed by atoms with Crippen LogP contribution in [0.1, 0.15) is 97.7 Å². The molecule has 268 valence electrons. The molecular weight excluding hydrogens is 620 g/mol. The van der Waals surface area contributed by atoms with Gasteiger partial charge in [-0.15, -0.1) is 0 Å². The van der Waals surface area contributed by atoms with Crippen LogP contribution in [0.3, 0.4) is 0 Å². The Hall–Kier alpha value is -3.78. The van der Waals surface area contributed by atoms with Crippen molar-refractivity contribution in [2.75, 3.05) is 45.8 Å². The zero-order valence-corrected chi connectivity index (χ0v) is 31.1. The summed E-state index contributed by atoms with van der Waals surface area (Å²) in [4.78, 5) is 50.0. The first-order chi connectivity index (χ1) is 22.8. The number of carbonyl (C=O) groups is 3. The van der Waals surface area contributed by atoms with Crippen molar-refractivity contribution in [2.45, 2.75) is 105 Å². The molecule has 3 rings (SSSR count). The van der Waals surface area contributed by atoms with Crippen molar-refractivity contribution >= 4 is 17.9 Å². The molecule has 1 aliphatic rings. The lowest BCUT2D eigenvalue weighted by Crippen LogP contribution is -2.40. The lowest BCUT2D eigenvalue weighted by atomic mass is 10.1. The molecule has 49 heavy (non-hydrogen) atoms. The van der Waals surface area contributed by atoms with Gasteiger partial charge in [0, 0.05) is 37.3 Å². The van der Waals surface area contributed by atoms with Gasteiger partial charge in [0.1, 0.15) is 16.8 Å². The van der Waals surface area contributed by atoms with E-state index in [1.165, 1.54) is 0 Å². The Morgan fingerprint density at radius 3 is 1.37 bits per heavy atom. The monoisotopic (exact) mass is 676 g/mol. The highest BCUT2D eigenvalue weighted by molar-refractivity contribution is 5.73. The van der Waals surface area contributed by atoms with E-state index in [1.54, 1.807) is 0 Å². The van der Waals surface area contributed by atoms with Gasteiger partial charge in [0.05, 0.1) is 31.0 Å². The van der Waals surface area contributed by atoms with Crippen LogP contribution in [0.2, 0.25) is 0 Å². The van der Waals surface area contributed by atoms with Crippen LogP contribution in [0.15, 0.2) is 42.5 Å². The average Bonchev–Trinajstić information content (AvgIpc) is 2.93. The third-order valence-corrected chi connectivity index (χ3v) is 7.04. The van der Waals surface area contributed by atoms with Crippen molar-refractivity contribution in [3.8, 4) is 11.8 Å². The molecule has 10 heteroatoms. The number of ether oxygens (including phenoxy) is 3. The van der Waals surface area contributed by atoms with Gasteiger partial charge < -0.3 is 14.2 Å². The molecule has 0 spiro atoms. The molecule has 2 heterocycles. The van der Waals surface area contributed by atoms with E-state index in [-0.39, 0.29) is 37.5 Å². The summed E-state index contributed by atoms with van der Waals surface area (Å²) in [5.41, 5.74) is 1.42. The van der Waals surface area contributed by atoms with Crippen LogP contribution in [-0.2, 0) is 41.7 Å². The topological polar surface area (TPSA) is 102 Å². The predicted octanol–water partition coefficient (Wildman–Crippen LogP) is 5.21. The Kier molecular flexibility index (Phi) is 14.4. The molecule has 1 aromatic carbocycles. The standard InChI is InChI=1S/C39H56N4O6/c1-37(2,3)47-34(44)27-41-19-13-21-42(28-35(45)48-38(4,5)6)25-32-23-31(18-17-30-15-11-10-12-16-30)24-33(40-32)26-43(22-14-20-41)29-36(46)49-39(7,8)9/h10-12,15-16,23-24H,13-14,19-22,25-29H2,1-9H3. The number of hydrogen-bond donors (Lipinski definition) is 0. The van der Waals surface area contributed by atoms with Gasteiger partial charge in [-0.2, -0.15) is 0 Å². The summed E-state index contributed by atoms with van der Waals surface area (Å²) in [6.45, 7) is 20.2. The normalized spacial score (nSPS) is 16.1. The molecule has 0 atom stereocenters. The smallest absolute Gasteiger partial charge is 0.320 e. The molecule has 0 N–H and O–H groups in total. The SMILES string of the molecule is CC(C)(C)OC(=O)CN1CCCN(CC(=O)OC(C)(C)C)Cc2cc(C#Cc3ccccc3)cc(n2)CN(CC(=O)OC(C)(C)C)CCC1. The second-order valence-electron chi connectivity index (χ2n) is 15.6. The average molecular weight is 677 g/mol. The summed E-state index contributed by atoms with van der Waals surface area (Å²) in [6, 6.07) is 13.7. The first kappa shape index (κ1) is 39.7. The summed E-state index contributed by atoms with van der Waals surface area (Å²) in [5.74, 6) is 5.62. The van der Waals surface area contributed by atoms with Crippen molar-refractivity contribution < 1.29 is 28.6 Å². The predicted molar refractivity (Wildman–Crippen MR) is 190 cm³/mol. The van der Waals surface area contributed by atoms with E-state index in [0.717, 1.165) is 22.5 Å². The summed E-state index contributed by atoms with van der Waals surface area (Å²) < 4.78 is 17.0. The fraction of sp³-hybridized carbons (Fsp3) is 0.590. The number of rotatable bonds is 6. The third-order valence-electron chi connectivity index (χ3n) is 7.04. The largest absolute Gasteiger partial charge is 0.459 e. The highest BCUT2D eigenvalue weighted by atomic mass is 16.6. The highest BCUT2D eigenvalue weighted by Gasteiger charge is 2.24. The Morgan fingerprint density at radius 2 is 0.959 bits per heavy atom. The number of nitrogens with zero attached hydrogens (tertiary/aromatic N) is 4. The van der Waals surface area contributed by atoms with Crippen LogP contribution < -0.4 is 0 Å². The second kappa shape index (κ2) is 17.7. The van der Waals surface area contributed by atoms with Crippen LogP contribution in [0, 0.1) is 11.8 Å². The lowest BCUT2D eigenvalue weighted by molar-refractivity contribution is -0.157. The molecule has 10 nitrogen and oxygen atoms in total. The highest BCUT2D eigenvalue weighted by Crippen LogP contribution is 2.16. The van der Waals surface area contributed by atoms with E-state index < -0.39 is 16.8 Å². The molecule has 1 aromatic heterocycles. The van der Waals surface area contributed by atoms with E-state index >= 15 is 0 Å². The summed E-state index contributed by atoms with van der Waals surface area (Å²) in [7, 11) is 0. The number of aromatic nitrogens is 1. The first-order valence-electron chi connectivity index (χ1n) is 17.2. The fourth-order valence-corrected chi connectivity index (χ4v) is 5.41. The fourth-order valence-electron chi connectivity index (χ4n) is 5.41. The van der Waals surface area contributed by atoms with E-state index in [9.17, 15) is 14.4 Å². The van der Waals surface area contributed by atoms with Crippen molar-refractivity contribution in [1.82, 2.24) is 19.7 Å². The van der Waals surface area contributed by atoms with E-state index in [1.807, 2.05) is 115 Å². The minimum Gasteiger partial charge on any atom is -0.459 e. The number of esters is 3. The Bertz CT molecular complexity index is 1400. The zero-order valence-electron chi connectivity index (χ0n) is 31.1. The summed E-state index contributed by atoms with van der Waals surface area (Å²) >= 11 is 0. The molecule has 0 unspecified atom stereocenters. The maximum Gasteiger partial charge on any atom is 0.320 e. The number of carbonyl (C=O) groups excluding carboxylic acids is 3. The van der Waals surface area contributed by atoms with E-state index in [0.29, 0.717) is 52.1 Å². The van der Waals surface area contributed by atoms with Gasteiger partial charge in [0.15, 0.2) is 0 Å². The Labute approximate surface area is 293 Å². The van der Waals surface area contributed by atoms with Crippen molar-refractivity contribution in [2.24, 2.45) is 0 Å². The zero-order chi connectivity index (χ0) is 36.2. The number of pyridine rings is 1.